The topological polar surface area (TPSA) is 133 Å². The van der Waals surface area contributed by atoms with Crippen LogP contribution in [0.3, 0.4) is 0 Å². The molecule has 0 bridgehead atoms. The summed E-state index contributed by atoms with van der Waals surface area (Å²) in [6.07, 6.45) is 1.42. The molecular weight excluding hydrogens is 442 g/mol. The number of amides is 1. The molecule has 2 aromatic rings. The van der Waals surface area contributed by atoms with E-state index in [-0.39, 0.29) is 11.5 Å². The first-order chi connectivity index (χ1) is 15.2. The third-order valence-corrected chi connectivity index (χ3v) is 5.14. The van der Waals surface area contributed by atoms with Gasteiger partial charge in [-0.15, -0.1) is 0 Å². The van der Waals surface area contributed by atoms with Crippen molar-refractivity contribution in [1.29, 1.82) is 0 Å². The predicted molar refractivity (Wildman–Crippen MR) is 117 cm³/mol. The largest absolute Gasteiger partial charge is 0.513 e. The maximum Gasteiger partial charge on any atom is 0.513 e. The van der Waals surface area contributed by atoms with Gasteiger partial charge in [-0.2, -0.15) is 5.10 Å². The standard InChI is InChI=1S/C20H23N3O8S/c1-28-16-8-6-15(7-9-16)23(32(4,26)27)13-19(24)22-21-12-14-5-10-17(18(11-14)29-2)31-20(25)30-3/h5-12H,13H2,1-4H3,(H,22,24)/b21-12-. The number of hydrogen-bond donors (Lipinski definition) is 1. The van der Waals surface area contributed by atoms with Gasteiger partial charge in [0.1, 0.15) is 12.3 Å². The number of ether oxygens (including phenoxy) is 4. The molecule has 0 spiro atoms. The van der Waals surface area contributed by atoms with Gasteiger partial charge in [0.05, 0.1) is 39.5 Å². The normalized spacial score (nSPS) is 11.0. The Balaban J connectivity index is 2.07. The van der Waals surface area contributed by atoms with Crippen LogP contribution < -0.4 is 23.9 Å². The lowest BCUT2D eigenvalue weighted by molar-refractivity contribution is -0.119. The number of nitrogens with one attached hydrogen (secondary N) is 1. The van der Waals surface area contributed by atoms with E-state index in [1.807, 2.05) is 0 Å². The number of carbonyl (C=O) groups is 2. The fourth-order valence-electron chi connectivity index (χ4n) is 2.47. The molecule has 32 heavy (non-hydrogen) atoms. The van der Waals surface area contributed by atoms with E-state index in [1.165, 1.54) is 51.8 Å². The molecule has 172 valence electrons. The minimum Gasteiger partial charge on any atom is -0.497 e. The molecule has 0 aliphatic heterocycles. The average Bonchev–Trinajstić information content (AvgIpc) is 2.77. The fourth-order valence-corrected chi connectivity index (χ4v) is 3.33. The van der Waals surface area contributed by atoms with Crippen molar-refractivity contribution < 1.29 is 37.0 Å². The van der Waals surface area contributed by atoms with Crippen LogP contribution in [0.15, 0.2) is 47.6 Å². The maximum absolute atomic E-state index is 12.3. The molecule has 0 radical (unpaired) electrons. The van der Waals surface area contributed by atoms with Gasteiger partial charge in [0.15, 0.2) is 11.5 Å². The van der Waals surface area contributed by atoms with Crippen LogP contribution in [-0.4, -0.2) is 60.8 Å². The van der Waals surface area contributed by atoms with Gasteiger partial charge < -0.3 is 18.9 Å². The molecule has 0 fully saturated rings. The summed E-state index contributed by atoms with van der Waals surface area (Å²) in [5.74, 6) is 0.284. The van der Waals surface area contributed by atoms with E-state index >= 15 is 0 Å². The van der Waals surface area contributed by atoms with E-state index in [2.05, 4.69) is 15.3 Å². The van der Waals surface area contributed by atoms with Crippen molar-refractivity contribution in [3.8, 4) is 17.2 Å². The van der Waals surface area contributed by atoms with Crippen molar-refractivity contribution in [2.24, 2.45) is 5.10 Å². The summed E-state index contributed by atoms with van der Waals surface area (Å²) in [6, 6.07) is 10.8. The number of carbonyl (C=O) groups excluding carboxylic acids is 2. The molecule has 2 aromatic carbocycles. The summed E-state index contributed by atoms with van der Waals surface area (Å²) in [4.78, 5) is 23.5. The Bertz CT molecular complexity index is 1080. The summed E-state index contributed by atoms with van der Waals surface area (Å²) in [7, 11) is 0.335. The Kier molecular flexibility index (Phi) is 8.41. The number of hydrogen-bond acceptors (Lipinski definition) is 9. The van der Waals surface area contributed by atoms with Gasteiger partial charge >= 0.3 is 6.16 Å². The van der Waals surface area contributed by atoms with Crippen molar-refractivity contribution >= 4 is 34.0 Å². The molecule has 0 aliphatic carbocycles. The Morgan fingerprint density at radius 1 is 1.03 bits per heavy atom. The molecule has 0 aromatic heterocycles. The molecule has 0 unspecified atom stereocenters. The van der Waals surface area contributed by atoms with Gasteiger partial charge in [0.2, 0.25) is 10.0 Å². The van der Waals surface area contributed by atoms with Crippen LogP contribution in [0, 0.1) is 0 Å². The lowest BCUT2D eigenvalue weighted by Crippen LogP contribution is -2.39. The van der Waals surface area contributed by atoms with E-state index in [4.69, 9.17) is 14.2 Å². The van der Waals surface area contributed by atoms with E-state index in [1.54, 1.807) is 18.2 Å². The minimum absolute atomic E-state index is 0.142. The SMILES string of the molecule is COC(=O)Oc1ccc(/C=N\NC(=O)CN(c2ccc(OC)cc2)S(C)(=O)=O)cc1OC. The molecule has 12 heteroatoms. The smallest absolute Gasteiger partial charge is 0.497 e. The molecule has 0 atom stereocenters. The van der Waals surface area contributed by atoms with Gasteiger partial charge in [-0.25, -0.2) is 18.6 Å². The number of anilines is 1. The first kappa shape index (κ1) is 24.5. The zero-order chi connectivity index (χ0) is 23.7. The number of nitrogens with zero attached hydrogens (tertiary/aromatic N) is 2. The molecule has 0 saturated carbocycles. The van der Waals surface area contributed by atoms with Gasteiger partial charge in [-0.05, 0) is 48.0 Å². The Labute approximate surface area is 185 Å². The number of hydrazone groups is 1. The van der Waals surface area contributed by atoms with Crippen LogP contribution in [0.5, 0.6) is 17.2 Å². The zero-order valence-electron chi connectivity index (χ0n) is 17.9. The third kappa shape index (κ3) is 6.87. The van der Waals surface area contributed by atoms with E-state index in [9.17, 15) is 18.0 Å². The van der Waals surface area contributed by atoms with Crippen LogP contribution in [0.1, 0.15) is 5.56 Å². The summed E-state index contributed by atoms with van der Waals surface area (Å²) < 4.78 is 44.8. The summed E-state index contributed by atoms with van der Waals surface area (Å²) in [5.41, 5.74) is 3.10. The lowest BCUT2D eigenvalue weighted by Gasteiger charge is -2.21. The van der Waals surface area contributed by atoms with Crippen LogP contribution in [-0.2, 0) is 19.6 Å². The lowest BCUT2D eigenvalue weighted by atomic mass is 10.2. The van der Waals surface area contributed by atoms with Crippen LogP contribution in [0.4, 0.5) is 10.5 Å². The first-order valence-corrected chi connectivity index (χ1v) is 10.9. The molecule has 1 amide bonds. The summed E-state index contributed by atoms with van der Waals surface area (Å²) >= 11 is 0. The van der Waals surface area contributed by atoms with E-state index < -0.39 is 28.6 Å². The predicted octanol–water partition coefficient (Wildman–Crippen LogP) is 1.77. The highest BCUT2D eigenvalue weighted by molar-refractivity contribution is 7.92. The maximum atomic E-state index is 12.3. The number of benzene rings is 2. The van der Waals surface area contributed by atoms with Crippen molar-refractivity contribution in [1.82, 2.24) is 5.43 Å². The highest BCUT2D eigenvalue weighted by Gasteiger charge is 2.20. The second-order valence-corrected chi connectivity index (χ2v) is 8.13. The van der Waals surface area contributed by atoms with Crippen molar-refractivity contribution in [2.45, 2.75) is 0 Å². The van der Waals surface area contributed by atoms with Crippen LogP contribution >= 0.6 is 0 Å². The Morgan fingerprint density at radius 2 is 1.72 bits per heavy atom. The van der Waals surface area contributed by atoms with Gasteiger partial charge in [0, 0.05) is 0 Å². The molecule has 0 heterocycles. The fraction of sp³-hybridized carbons (Fsp3) is 0.250. The van der Waals surface area contributed by atoms with Gasteiger partial charge in [-0.1, -0.05) is 0 Å². The molecule has 1 N–H and O–H groups in total. The van der Waals surface area contributed by atoms with E-state index in [0.29, 0.717) is 17.0 Å². The molecule has 11 nitrogen and oxygen atoms in total. The first-order valence-electron chi connectivity index (χ1n) is 9.05. The van der Waals surface area contributed by atoms with E-state index in [0.717, 1.165) is 10.6 Å². The van der Waals surface area contributed by atoms with Crippen molar-refractivity contribution in [3.63, 3.8) is 0 Å². The highest BCUT2D eigenvalue weighted by atomic mass is 32.2. The van der Waals surface area contributed by atoms with Crippen molar-refractivity contribution in [2.75, 3.05) is 38.4 Å². The van der Waals surface area contributed by atoms with Crippen molar-refractivity contribution in [3.05, 3.63) is 48.0 Å². The Hall–Kier alpha value is -3.80. The zero-order valence-corrected chi connectivity index (χ0v) is 18.7. The molecule has 2 rings (SSSR count). The van der Waals surface area contributed by atoms with Gasteiger partial charge in [-0.3, -0.25) is 9.10 Å². The Morgan fingerprint density at radius 3 is 2.28 bits per heavy atom. The van der Waals surface area contributed by atoms with Crippen LogP contribution in [0.25, 0.3) is 0 Å². The third-order valence-electron chi connectivity index (χ3n) is 4.00. The van der Waals surface area contributed by atoms with Crippen LogP contribution in [0.2, 0.25) is 0 Å². The quantitative estimate of drug-likeness (QED) is 0.256. The summed E-state index contributed by atoms with van der Waals surface area (Å²) in [5, 5.41) is 3.83. The summed E-state index contributed by atoms with van der Waals surface area (Å²) in [6.45, 7) is -0.474. The van der Waals surface area contributed by atoms with Gasteiger partial charge in [0.25, 0.3) is 5.91 Å². The average molecular weight is 465 g/mol. The highest BCUT2D eigenvalue weighted by Crippen LogP contribution is 2.28. The second-order valence-electron chi connectivity index (χ2n) is 6.23. The molecule has 0 saturated heterocycles. The number of sulfonamides is 1. The number of methoxy groups -OCH3 is 3. The molecule has 0 aliphatic rings. The minimum atomic E-state index is -3.72. The monoisotopic (exact) mass is 465 g/mol. The second kappa shape index (κ2) is 11.0. The molecular formula is C20H23N3O8S. The number of rotatable bonds is 9.